The Labute approximate surface area is 147 Å². The van der Waals surface area contributed by atoms with Crippen LogP contribution in [-0.2, 0) is 6.54 Å². The molecule has 7 heteroatoms. The number of hydrogen-bond acceptors (Lipinski definition) is 3. The van der Waals surface area contributed by atoms with Gasteiger partial charge in [-0.2, -0.15) is 5.10 Å². The standard InChI is InChI=1S/C16H21ClN4OS/c1-11-9-12(2)21(20-11)8-4-7-18-16(23)19-14-10-13(17)5-6-15(14)22-3/h5-6,9-10H,4,7-8H2,1-3H3,(H2,18,19,23). The van der Waals surface area contributed by atoms with Crippen molar-refractivity contribution >= 4 is 34.6 Å². The van der Waals surface area contributed by atoms with E-state index >= 15 is 0 Å². The van der Waals surface area contributed by atoms with Crippen LogP contribution in [0.15, 0.2) is 24.3 Å². The third-order valence-corrected chi connectivity index (χ3v) is 3.83. The second-order valence-electron chi connectivity index (χ2n) is 5.23. The average Bonchev–Trinajstić information content (AvgIpc) is 2.82. The molecular weight excluding hydrogens is 332 g/mol. The molecule has 2 N–H and O–H groups in total. The number of methoxy groups -OCH3 is 1. The molecule has 2 rings (SSSR count). The van der Waals surface area contributed by atoms with Crippen LogP contribution in [0.5, 0.6) is 5.75 Å². The molecule has 0 saturated carbocycles. The van der Waals surface area contributed by atoms with E-state index in [2.05, 4.69) is 28.7 Å². The predicted octanol–water partition coefficient (Wildman–Crippen LogP) is 3.54. The van der Waals surface area contributed by atoms with Gasteiger partial charge in [0.1, 0.15) is 5.75 Å². The molecule has 0 radical (unpaired) electrons. The van der Waals surface area contributed by atoms with Crippen molar-refractivity contribution in [1.29, 1.82) is 0 Å². The molecule has 0 spiro atoms. The van der Waals surface area contributed by atoms with Gasteiger partial charge in [-0.3, -0.25) is 4.68 Å². The maximum atomic E-state index is 6.00. The summed E-state index contributed by atoms with van der Waals surface area (Å²) in [6.45, 7) is 5.67. The van der Waals surface area contributed by atoms with Gasteiger partial charge in [0.25, 0.3) is 0 Å². The Morgan fingerprint density at radius 2 is 2.13 bits per heavy atom. The molecule has 124 valence electrons. The first-order chi connectivity index (χ1) is 11.0. The summed E-state index contributed by atoms with van der Waals surface area (Å²) in [6.07, 6.45) is 0.927. The fourth-order valence-corrected chi connectivity index (χ4v) is 2.66. The first-order valence-corrected chi connectivity index (χ1v) is 8.17. The Balaban J connectivity index is 1.79. The second-order valence-corrected chi connectivity index (χ2v) is 6.07. The van der Waals surface area contributed by atoms with Gasteiger partial charge in [-0.25, -0.2) is 0 Å². The molecule has 5 nitrogen and oxygen atoms in total. The molecule has 23 heavy (non-hydrogen) atoms. The molecule has 0 atom stereocenters. The second kappa shape index (κ2) is 8.17. The van der Waals surface area contributed by atoms with Gasteiger partial charge in [0.05, 0.1) is 18.5 Å². The van der Waals surface area contributed by atoms with Crippen molar-refractivity contribution in [3.05, 3.63) is 40.7 Å². The quantitative estimate of drug-likeness (QED) is 0.615. The minimum atomic E-state index is 0.541. The normalized spacial score (nSPS) is 10.4. The predicted molar refractivity (Wildman–Crippen MR) is 98.5 cm³/mol. The molecule has 0 fully saturated rings. The fourth-order valence-electron chi connectivity index (χ4n) is 2.28. The number of hydrogen-bond donors (Lipinski definition) is 2. The van der Waals surface area contributed by atoms with Gasteiger partial charge >= 0.3 is 0 Å². The van der Waals surface area contributed by atoms with Crippen LogP contribution in [0.2, 0.25) is 5.02 Å². The fraction of sp³-hybridized carbons (Fsp3) is 0.375. The lowest BCUT2D eigenvalue weighted by Gasteiger charge is -2.14. The Morgan fingerprint density at radius 3 is 2.78 bits per heavy atom. The zero-order valence-electron chi connectivity index (χ0n) is 13.5. The van der Waals surface area contributed by atoms with Gasteiger partial charge < -0.3 is 15.4 Å². The van der Waals surface area contributed by atoms with Crippen LogP contribution in [0.3, 0.4) is 0 Å². The Morgan fingerprint density at radius 1 is 1.35 bits per heavy atom. The zero-order chi connectivity index (χ0) is 16.8. The van der Waals surface area contributed by atoms with Gasteiger partial charge in [0.2, 0.25) is 0 Å². The number of rotatable bonds is 6. The van der Waals surface area contributed by atoms with Crippen LogP contribution in [0, 0.1) is 13.8 Å². The van der Waals surface area contributed by atoms with Crippen LogP contribution in [0.1, 0.15) is 17.8 Å². The first-order valence-electron chi connectivity index (χ1n) is 7.39. The molecule has 0 aliphatic rings. The van der Waals surface area contributed by atoms with Crippen molar-refractivity contribution in [2.24, 2.45) is 0 Å². The monoisotopic (exact) mass is 352 g/mol. The summed E-state index contributed by atoms with van der Waals surface area (Å²) in [5.74, 6) is 0.696. The van der Waals surface area contributed by atoms with E-state index in [1.807, 2.05) is 11.6 Å². The average molecular weight is 353 g/mol. The number of ether oxygens (including phenoxy) is 1. The molecule has 0 aliphatic carbocycles. The van der Waals surface area contributed by atoms with E-state index in [1.54, 1.807) is 25.3 Å². The number of nitrogens with one attached hydrogen (secondary N) is 2. The molecule has 1 aromatic carbocycles. The van der Waals surface area contributed by atoms with Gasteiger partial charge in [-0.05, 0) is 56.8 Å². The summed E-state index contributed by atoms with van der Waals surface area (Å²) in [6, 6.07) is 7.43. The summed E-state index contributed by atoms with van der Waals surface area (Å²) in [4.78, 5) is 0. The number of aryl methyl sites for hydroxylation is 3. The van der Waals surface area contributed by atoms with Crippen LogP contribution in [-0.4, -0.2) is 28.5 Å². The molecule has 2 aromatic rings. The van der Waals surface area contributed by atoms with Gasteiger partial charge in [0, 0.05) is 23.8 Å². The molecule has 0 amide bonds. The third kappa shape index (κ3) is 5.11. The van der Waals surface area contributed by atoms with E-state index < -0.39 is 0 Å². The molecule has 1 aromatic heterocycles. The van der Waals surface area contributed by atoms with Crippen molar-refractivity contribution in [1.82, 2.24) is 15.1 Å². The first kappa shape index (κ1) is 17.6. The van der Waals surface area contributed by atoms with Gasteiger partial charge in [-0.1, -0.05) is 11.6 Å². The minimum absolute atomic E-state index is 0.541. The zero-order valence-corrected chi connectivity index (χ0v) is 15.1. The minimum Gasteiger partial charge on any atom is -0.495 e. The topological polar surface area (TPSA) is 51.1 Å². The molecule has 1 heterocycles. The van der Waals surface area contributed by atoms with Crippen LogP contribution < -0.4 is 15.4 Å². The highest BCUT2D eigenvalue weighted by atomic mass is 35.5. The lowest BCUT2D eigenvalue weighted by atomic mass is 10.3. The highest BCUT2D eigenvalue weighted by Gasteiger charge is 2.06. The molecule has 0 saturated heterocycles. The lowest BCUT2D eigenvalue weighted by Crippen LogP contribution is -2.30. The van der Waals surface area contributed by atoms with Crippen LogP contribution in [0.25, 0.3) is 0 Å². The largest absolute Gasteiger partial charge is 0.495 e. The van der Waals surface area contributed by atoms with E-state index in [9.17, 15) is 0 Å². The third-order valence-electron chi connectivity index (χ3n) is 3.35. The van der Waals surface area contributed by atoms with Crippen LogP contribution in [0.4, 0.5) is 5.69 Å². The number of thiocarbonyl (C=S) groups is 1. The number of aromatic nitrogens is 2. The van der Waals surface area contributed by atoms with Crippen LogP contribution >= 0.6 is 23.8 Å². The van der Waals surface area contributed by atoms with E-state index in [1.165, 1.54) is 5.69 Å². The summed E-state index contributed by atoms with van der Waals surface area (Å²) in [5.41, 5.74) is 2.96. The SMILES string of the molecule is COc1ccc(Cl)cc1NC(=S)NCCCn1nc(C)cc1C. The summed E-state index contributed by atoms with van der Waals surface area (Å²) in [7, 11) is 1.61. The molecule has 0 unspecified atom stereocenters. The van der Waals surface area contributed by atoms with Crippen molar-refractivity contribution in [3.8, 4) is 5.75 Å². The van der Waals surface area contributed by atoms with Crippen molar-refractivity contribution in [2.75, 3.05) is 19.0 Å². The summed E-state index contributed by atoms with van der Waals surface area (Å²) < 4.78 is 7.29. The van der Waals surface area contributed by atoms with Crippen molar-refractivity contribution in [2.45, 2.75) is 26.8 Å². The van der Waals surface area contributed by atoms with E-state index in [0.717, 1.165) is 30.9 Å². The van der Waals surface area contributed by atoms with Gasteiger partial charge in [-0.15, -0.1) is 0 Å². The maximum Gasteiger partial charge on any atom is 0.170 e. The van der Waals surface area contributed by atoms with E-state index in [4.69, 9.17) is 28.6 Å². The number of benzene rings is 1. The Hall–Kier alpha value is -1.79. The number of halogens is 1. The number of anilines is 1. The Kier molecular flexibility index (Phi) is 6.24. The maximum absolute atomic E-state index is 6.00. The highest BCUT2D eigenvalue weighted by molar-refractivity contribution is 7.80. The summed E-state index contributed by atoms with van der Waals surface area (Å²) >= 11 is 11.3. The molecular formula is C16H21ClN4OS. The molecule has 0 bridgehead atoms. The smallest absolute Gasteiger partial charge is 0.170 e. The van der Waals surface area contributed by atoms with E-state index in [0.29, 0.717) is 15.9 Å². The van der Waals surface area contributed by atoms with Crippen molar-refractivity contribution in [3.63, 3.8) is 0 Å². The lowest BCUT2D eigenvalue weighted by molar-refractivity contribution is 0.417. The van der Waals surface area contributed by atoms with Crippen molar-refractivity contribution < 1.29 is 4.74 Å². The van der Waals surface area contributed by atoms with E-state index in [-0.39, 0.29) is 0 Å². The van der Waals surface area contributed by atoms with Gasteiger partial charge in [0.15, 0.2) is 5.11 Å². The Bertz CT molecular complexity index is 687. The molecule has 0 aliphatic heterocycles. The number of nitrogens with zero attached hydrogens (tertiary/aromatic N) is 2. The summed E-state index contributed by atoms with van der Waals surface area (Å²) in [5, 5.41) is 11.9. The highest BCUT2D eigenvalue weighted by Crippen LogP contribution is 2.27.